The number of alkyl halides is 3. The van der Waals surface area contributed by atoms with E-state index in [1.54, 1.807) is 13.0 Å². The van der Waals surface area contributed by atoms with Crippen LogP contribution in [0.3, 0.4) is 0 Å². The molecule has 0 radical (unpaired) electrons. The summed E-state index contributed by atoms with van der Waals surface area (Å²) in [7, 11) is 0. The molecule has 0 aliphatic heterocycles. The normalized spacial score (nSPS) is 10.7. The maximum Gasteiger partial charge on any atom is 0.573 e. The highest BCUT2D eigenvalue weighted by Crippen LogP contribution is 2.25. The zero-order chi connectivity index (χ0) is 14.5. The largest absolute Gasteiger partial charge is 0.573 e. The Kier molecular flexibility index (Phi) is 4.75. The molecule has 0 heterocycles. The summed E-state index contributed by atoms with van der Waals surface area (Å²) in [6.07, 6.45) is -5.08. The molecular weight excluding hydrogens is 263 g/mol. The monoisotopic (exact) mass is 273 g/mol. The van der Waals surface area contributed by atoms with Crippen LogP contribution in [0, 0.1) is 11.3 Å². The average molecular weight is 273 g/mol. The fourth-order valence-electron chi connectivity index (χ4n) is 1.40. The third-order valence-corrected chi connectivity index (χ3v) is 1.98. The van der Waals surface area contributed by atoms with Crippen LogP contribution in [0.4, 0.5) is 13.2 Å². The van der Waals surface area contributed by atoms with Crippen molar-refractivity contribution in [2.24, 2.45) is 0 Å². The fourth-order valence-corrected chi connectivity index (χ4v) is 1.40. The summed E-state index contributed by atoms with van der Waals surface area (Å²) in [5.74, 6) is -1.12. The Labute approximate surface area is 107 Å². The molecule has 1 aromatic rings. The topological polar surface area (TPSA) is 59.3 Å². The van der Waals surface area contributed by atoms with Crippen LogP contribution in [0.25, 0.3) is 0 Å². The van der Waals surface area contributed by atoms with Crippen molar-refractivity contribution >= 4 is 5.97 Å². The Hall–Kier alpha value is -2.23. The first-order valence-electron chi connectivity index (χ1n) is 5.29. The van der Waals surface area contributed by atoms with Crippen molar-refractivity contribution in [3.05, 3.63) is 29.3 Å². The minimum Gasteiger partial charge on any atom is -0.466 e. The van der Waals surface area contributed by atoms with E-state index in [9.17, 15) is 18.0 Å². The predicted octanol–water partition coefficient (Wildman–Crippen LogP) is 2.56. The molecule has 0 saturated heterocycles. The second-order valence-corrected chi connectivity index (χ2v) is 3.51. The van der Waals surface area contributed by atoms with Crippen molar-refractivity contribution in [2.75, 3.05) is 6.61 Å². The van der Waals surface area contributed by atoms with Gasteiger partial charge in [-0.05, 0) is 30.7 Å². The van der Waals surface area contributed by atoms with Gasteiger partial charge in [-0.3, -0.25) is 4.79 Å². The fraction of sp³-hybridized carbons (Fsp3) is 0.333. The van der Waals surface area contributed by atoms with Crippen LogP contribution in [0.15, 0.2) is 18.2 Å². The highest BCUT2D eigenvalue weighted by atomic mass is 19.4. The van der Waals surface area contributed by atoms with E-state index >= 15 is 0 Å². The minimum absolute atomic E-state index is 0.0268. The molecule has 0 fully saturated rings. The van der Waals surface area contributed by atoms with E-state index in [0.29, 0.717) is 0 Å². The number of rotatable bonds is 4. The number of esters is 1. The number of ether oxygens (including phenoxy) is 2. The predicted molar refractivity (Wildman–Crippen MR) is 58.2 cm³/mol. The van der Waals surface area contributed by atoms with Crippen molar-refractivity contribution in [3.63, 3.8) is 0 Å². The van der Waals surface area contributed by atoms with Gasteiger partial charge < -0.3 is 9.47 Å². The van der Waals surface area contributed by atoms with E-state index in [1.165, 1.54) is 6.07 Å². The van der Waals surface area contributed by atoms with E-state index in [4.69, 9.17) is 5.26 Å². The lowest BCUT2D eigenvalue weighted by molar-refractivity contribution is -0.274. The van der Waals surface area contributed by atoms with E-state index in [0.717, 1.165) is 12.1 Å². The molecule has 0 aliphatic rings. The molecular formula is C12H10F3NO3. The lowest BCUT2D eigenvalue weighted by Crippen LogP contribution is -2.17. The van der Waals surface area contributed by atoms with Gasteiger partial charge in [-0.25, -0.2) is 0 Å². The number of halogens is 3. The van der Waals surface area contributed by atoms with Crippen LogP contribution < -0.4 is 4.74 Å². The van der Waals surface area contributed by atoms with Crippen molar-refractivity contribution < 1.29 is 27.4 Å². The highest BCUT2D eigenvalue weighted by Gasteiger charge is 2.31. The lowest BCUT2D eigenvalue weighted by Gasteiger charge is -2.10. The molecule has 0 unspecified atom stereocenters. The molecule has 0 N–H and O–H groups in total. The van der Waals surface area contributed by atoms with Gasteiger partial charge in [-0.2, -0.15) is 5.26 Å². The summed E-state index contributed by atoms with van der Waals surface area (Å²) < 4.78 is 44.7. The molecule has 0 saturated carbocycles. The van der Waals surface area contributed by atoms with Crippen LogP contribution in [0.1, 0.15) is 18.1 Å². The van der Waals surface area contributed by atoms with E-state index in [1.807, 2.05) is 0 Å². The number of carbonyl (C=O) groups is 1. The Morgan fingerprint density at radius 3 is 2.58 bits per heavy atom. The summed E-state index contributed by atoms with van der Waals surface area (Å²) in [6, 6.07) is 5.00. The first-order chi connectivity index (χ1) is 8.84. The second kappa shape index (κ2) is 6.09. The van der Waals surface area contributed by atoms with Crippen LogP contribution in [-0.2, 0) is 16.0 Å². The summed E-state index contributed by atoms with van der Waals surface area (Å²) in [5, 5.41) is 8.72. The zero-order valence-corrected chi connectivity index (χ0v) is 9.95. The molecule has 7 heteroatoms. The molecule has 0 aliphatic carbocycles. The van der Waals surface area contributed by atoms with Crippen molar-refractivity contribution in [2.45, 2.75) is 19.7 Å². The van der Waals surface area contributed by atoms with Gasteiger partial charge in [-0.1, -0.05) is 0 Å². The summed E-state index contributed by atoms with van der Waals surface area (Å²) in [4.78, 5) is 11.2. The van der Waals surface area contributed by atoms with E-state index < -0.39 is 18.1 Å². The molecule has 4 nitrogen and oxygen atoms in total. The Balaban J connectivity index is 2.96. The second-order valence-electron chi connectivity index (χ2n) is 3.51. The number of hydrogen-bond acceptors (Lipinski definition) is 4. The van der Waals surface area contributed by atoms with Crippen molar-refractivity contribution in [3.8, 4) is 11.8 Å². The van der Waals surface area contributed by atoms with Gasteiger partial charge in [0.25, 0.3) is 0 Å². The van der Waals surface area contributed by atoms with Crippen LogP contribution >= 0.6 is 0 Å². The molecule has 102 valence electrons. The highest BCUT2D eigenvalue weighted by molar-refractivity contribution is 5.73. The number of benzene rings is 1. The molecule has 1 aromatic carbocycles. The molecule has 19 heavy (non-hydrogen) atoms. The van der Waals surface area contributed by atoms with Gasteiger partial charge >= 0.3 is 12.3 Å². The molecule has 0 aromatic heterocycles. The van der Waals surface area contributed by atoms with Gasteiger partial charge in [-0.15, -0.1) is 13.2 Å². The van der Waals surface area contributed by atoms with Gasteiger partial charge in [0.1, 0.15) is 5.75 Å². The standard InChI is InChI=1S/C12H10F3NO3/c1-2-18-11(17)6-8-3-9(7-16)5-10(4-8)19-12(13,14)15/h3-5H,2,6H2,1H3. The lowest BCUT2D eigenvalue weighted by atomic mass is 10.1. The number of carbonyl (C=O) groups excluding carboxylic acids is 1. The number of hydrogen-bond donors (Lipinski definition) is 0. The van der Waals surface area contributed by atoms with Crippen molar-refractivity contribution in [1.29, 1.82) is 5.26 Å². The zero-order valence-electron chi connectivity index (χ0n) is 9.95. The number of nitrogens with zero attached hydrogens (tertiary/aromatic N) is 1. The average Bonchev–Trinajstić information content (AvgIpc) is 2.26. The molecule has 0 spiro atoms. The first-order valence-corrected chi connectivity index (χ1v) is 5.29. The smallest absolute Gasteiger partial charge is 0.466 e. The maximum atomic E-state index is 12.1. The van der Waals surface area contributed by atoms with E-state index in [-0.39, 0.29) is 24.2 Å². The van der Waals surface area contributed by atoms with Crippen molar-refractivity contribution in [1.82, 2.24) is 0 Å². The van der Waals surface area contributed by atoms with Crippen LogP contribution in [0.2, 0.25) is 0 Å². The van der Waals surface area contributed by atoms with Crippen LogP contribution in [0.5, 0.6) is 5.75 Å². The molecule has 0 amide bonds. The van der Waals surface area contributed by atoms with Gasteiger partial charge in [0.15, 0.2) is 0 Å². The summed E-state index contributed by atoms with van der Waals surface area (Å²) in [6.45, 7) is 1.78. The Morgan fingerprint density at radius 1 is 1.37 bits per heavy atom. The van der Waals surface area contributed by atoms with Gasteiger partial charge in [0, 0.05) is 0 Å². The van der Waals surface area contributed by atoms with Gasteiger partial charge in [0.2, 0.25) is 0 Å². The minimum atomic E-state index is -4.85. The third kappa shape index (κ3) is 5.29. The molecule has 0 bridgehead atoms. The number of nitriles is 1. The Morgan fingerprint density at radius 2 is 2.05 bits per heavy atom. The van der Waals surface area contributed by atoms with Gasteiger partial charge in [0.05, 0.1) is 24.7 Å². The SMILES string of the molecule is CCOC(=O)Cc1cc(C#N)cc(OC(F)(F)F)c1. The quantitative estimate of drug-likeness (QED) is 0.791. The maximum absolute atomic E-state index is 12.1. The van der Waals surface area contributed by atoms with E-state index in [2.05, 4.69) is 9.47 Å². The summed E-state index contributed by atoms with van der Waals surface area (Å²) >= 11 is 0. The van der Waals surface area contributed by atoms with Crippen LogP contribution in [-0.4, -0.2) is 18.9 Å². The Bertz CT molecular complexity index is 506. The molecule has 1 rings (SSSR count). The first kappa shape index (κ1) is 14.8. The summed E-state index contributed by atoms with van der Waals surface area (Å²) in [5.41, 5.74) is 0.192. The molecule has 0 atom stereocenters. The third-order valence-electron chi connectivity index (χ3n) is 1.98.